The second-order valence-electron chi connectivity index (χ2n) is 5.09. The van der Waals surface area contributed by atoms with E-state index in [-0.39, 0.29) is 12.4 Å². The molecular formula is C17H19NO4S. The van der Waals surface area contributed by atoms with E-state index >= 15 is 0 Å². The monoisotopic (exact) mass is 333 g/mol. The molecule has 0 unspecified atom stereocenters. The van der Waals surface area contributed by atoms with E-state index in [2.05, 4.69) is 4.72 Å². The summed E-state index contributed by atoms with van der Waals surface area (Å²) in [4.78, 5) is 11.7. The van der Waals surface area contributed by atoms with E-state index < -0.39 is 16.0 Å². The molecule has 0 saturated carbocycles. The molecule has 2 aromatic carbocycles. The molecule has 0 aliphatic carbocycles. The molecule has 0 radical (unpaired) electrons. The maximum absolute atomic E-state index is 12.3. The highest BCUT2D eigenvalue weighted by molar-refractivity contribution is 7.91. The van der Waals surface area contributed by atoms with Crippen molar-refractivity contribution in [2.45, 2.75) is 19.6 Å². The van der Waals surface area contributed by atoms with Crippen LogP contribution in [0.3, 0.4) is 0 Å². The van der Waals surface area contributed by atoms with Crippen LogP contribution < -0.4 is 4.72 Å². The maximum atomic E-state index is 12.3. The summed E-state index contributed by atoms with van der Waals surface area (Å²) in [5, 5.41) is 0. The zero-order chi connectivity index (χ0) is 16.9. The predicted molar refractivity (Wildman–Crippen MR) is 89.8 cm³/mol. The van der Waals surface area contributed by atoms with Gasteiger partial charge in [0.05, 0.1) is 17.9 Å². The Balaban J connectivity index is 2.16. The first-order valence-electron chi connectivity index (χ1n) is 7.23. The predicted octanol–water partition coefficient (Wildman–Crippen LogP) is 3.11. The minimum absolute atomic E-state index is 0.122. The van der Waals surface area contributed by atoms with Crippen molar-refractivity contribution in [3.63, 3.8) is 0 Å². The summed E-state index contributed by atoms with van der Waals surface area (Å²) in [5.41, 5.74) is 2.30. The fourth-order valence-corrected chi connectivity index (χ4v) is 3.41. The minimum atomic E-state index is -3.57. The number of nitrogens with one attached hydrogen (secondary N) is 1. The van der Waals surface area contributed by atoms with Gasteiger partial charge in [-0.15, -0.1) is 0 Å². The summed E-state index contributed by atoms with van der Waals surface area (Å²) in [6.45, 7) is 3.85. The highest BCUT2D eigenvalue weighted by atomic mass is 32.2. The first-order valence-corrected chi connectivity index (χ1v) is 8.88. The highest BCUT2D eigenvalue weighted by Crippen LogP contribution is 2.17. The van der Waals surface area contributed by atoms with E-state index in [9.17, 15) is 13.2 Å². The van der Waals surface area contributed by atoms with Gasteiger partial charge in [-0.25, -0.2) is 13.2 Å². The summed E-state index contributed by atoms with van der Waals surface area (Å²) >= 11 is 0. The number of hydrogen-bond acceptors (Lipinski definition) is 4. The van der Waals surface area contributed by atoms with Crippen molar-refractivity contribution in [3.8, 4) is 0 Å². The van der Waals surface area contributed by atoms with E-state index in [1.807, 2.05) is 19.1 Å². The molecule has 0 bridgehead atoms. The smallest absolute Gasteiger partial charge is 0.338 e. The third-order valence-electron chi connectivity index (χ3n) is 3.25. The molecule has 0 aliphatic heterocycles. The average Bonchev–Trinajstić information content (AvgIpc) is 2.49. The lowest BCUT2D eigenvalue weighted by atomic mass is 10.1. The van der Waals surface area contributed by atoms with Crippen LogP contribution in [0.5, 0.6) is 0 Å². The van der Waals surface area contributed by atoms with Crippen LogP contribution in [0.2, 0.25) is 0 Å². The summed E-state index contributed by atoms with van der Waals surface area (Å²) in [5.74, 6) is -0.601. The number of hydrogen-bond donors (Lipinski definition) is 1. The molecule has 0 spiro atoms. The van der Waals surface area contributed by atoms with Crippen molar-refractivity contribution in [1.82, 2.24) is 0 Å². The molecule has 0 heterocycles. The van der Waals surface area contributed by atoms with Gasteiger partial charge in [-0.2, -0.15) is 0 Å². The molecule has 0 saturated heterocycles. The summed E-state index contributed by atoms with van der Waals surface area (Å²) in [6.07, 6.45) is 0. The van der Waals surface area contributed by atoms with E-state index in [1.54, 1.807) is 37.3 Å². The van der Waals surface area contributed by atoms with Gasteiger partial charge in [-0.1, -0.05) is 30.3 Å². The fraction of sp³-hybridized carbons (Fsp3) is 0.235. The first-order chi connectivity index (χ1) is 10.9. The molecule has 0 amide bonds. The van der Waals surface area contributed by atoms with Gasteiger partial charge in [0, 0.05) is 5.69 Å². The molecular weight excluding hydrogens is 314 g/mol. The normalized spacial score (nSPS) is 11.0. The van der Waals surface area contributed by atoms with Crippen LogP contribution in [0.4, 0.5) is 5.69 Å². The minimum Gasteiger partial charge on any atom is -0.462 e. The Bertz CT molecular complexity index is 800. The fourth-order valence-electron chi connectivity index (χ4n) is 2.12. The lowest BCUT2D eigenvalue weighted by Crippen LogP contribution is -2.16. The number of ether oxygens (including phenoxy) is 1. The number of carbonyl (C=O) groups excluding carboxylic acids is 1. The third-order valence-corrected chi connectivity index (χ3v) is 4.49. The molecule has 122 valence electrons. The van der Waals surface area contributed by atoms with Crippen LogP contribution in [0.15, 0.2) is 48.5 Å². The topological polar surface area (TPSA) is 72.5 Å². The molecule has 0 fully saturated rings. The van der Waals surface area contributed by atoms with Crippen molar-refractivity contribution in [2.75, 3.05) is 11.3 Å². The van der Waals surface area contributed by atoms with Crippen molar-refractivity contribution in [2.24, 2.45) is 0 Å². The molecule has 0 atom stereocenters. The van der Waals surface area contributed by atoms with E-state index in [4.69, 9.17) is 4.74 Å². The van der Waals surface area contributed by atoms with Gasteiger partial charge in [-0.05, 0) is 43.2 Å². The first kappa shape index (κ1) is 17.0. The van der Waals surface area contributed by atoms with E-state index in [1.165, 1.54) is 6.07 Å². The second-order valence-corrected chi connectivity index (χ2v) is 6.81. The van der Waals surface area contributed by atoms with Gasteiger partial charge < -0.3 is 4.74 Å². The van der Waals surface area contributed by atoms with Crippen molar-refractivity contribution >= 4 is 21.7 Å². The lowest BCUT2D eigenvalue weighted by molar-refractivity contribution is 0.0526. The van der Waals surface area contributed by atoms with Crippen LogP contribution in [0, 0.1) is 6.92 Å². The van der Waals surface area contributed by atoms with Crippen LogP contribution in [-0.4, -0.2) is 21.0 Å². The zero-order valence-electron chi connectivity index (χ0n) is 13.1. The average molecular weight is 333 g/mol. The van der Waals surface area contributed by atoms with Gasteiger partial charge >= 0.3 is 5.97 Å². The van der Waals surface area contributed by atoms with Gasteiger partial charge in [0.2, 0.25) is 10.0 Å². The largest absolute Gasteiger partial charge is 0.462 e. The zero-order valence-corrected chi connectivity index (χ0v) is 13.9. The second kappa shape index (κ2) is 7.28. The van der Waals surface area contributed by atoms with Gasteiger partial charge in [-0.3, -0.25) is 4.72 Å². The van der Waals surface area contributed by atoms with Crippen molar-refractivity contribution in [1.29, 1.82) is 0 Å². The van der Waals surface area contributed by atoms with Crippen LogP contribution >= 0.6 is 0 Å². The summed E-state index contributed by atoms with van der Waals surface area (Å²) in [6, 6.07) is 13.6. The highest BCUT2D eigenvalue weighted by Gasteiger charge is 2.14. The van der Waals surface area contributed by atoms with Crippen LogP contribution in [0.25, 0.3) is 0 Å². The standard InChI is InChI=1S/C17H19NO4S/c1-3-22-17(19)14-9-6-10-16(11-14)18-23(20,21)12-15-8-5-4-7-13(15)2/h4-11,18H,3,12H2,1-2H3. The Kier molecular flexibility index (Phi) is 5.39. The molecule has 5 nitrogen and oxygen atoms in total. The van der Waals surface area contributed by atoms with Crippen LogP contribution in [-0.2, 0) is 20.5 Å². The van der Waals surface area contributed by atoms with Gasteiger partial charge in [0.1, 0.15) is 0 Å². The van der Waals surface area contributed by atoms with Gasteiger partial charge in [0.15, 0.2) is 0 Å². The van der Waals surface area contributed by atoms with Crippen molar-refractivity contribution in [3.05, 3.63) is 65.2 Å². The Morgan fingerprint density at radius 2 is 1.87 bits per heavy atom. The Hall–Kier alpha value is -2.34. The number of sulfonamides is 1. The molecule has 2 aromatic rings. The van der Waals surface area contributed by atoms with E-state index in [0.29, 0.717) is 11.3 Å². The maximum Gasteiger partial charge on any atom is 0.338 e. The SMILES string of the molecule is CCOC(=O)c1cccc(NS(=O)(=O)Cc2ccccc2C)c1. The number of aryl methyl sites for hydroxylation is 1. The summed E-state index contributed by atoms with van der Waals surface area (Å²) in [7, 11) is -3.57. The molecule has 0 aromatic heterocycles. The van der Waals surface area contributed by atoms with E-state index in [0.717, 1.165) is 11.1 Å². The lowest BCUT2D eigenvalue weighted by Gasteiger charge is -2.10. The van der Waals surface area contributed by atoms with Crippen molar-refractivity contribution < 1.29 is 17.9 Å². The molecule has 6 heteroatoms. The number of rotatable bonds is 6. The number of benzene rings is 2. The molecule has 2 rings (SSSR count). The Labute approximate surface area is 136 Å². The quantitative estimate of drug-likeness (QED) is 0.825. The summed E-state index contributed by atoms with van der Waals surface area (Å²) < 4.78 is 32.0. The number of esters is 1. The molecule has 23 heavy (non-hydrogen) atoms. The number of anilines is 1. The number of carbonyl (C=O) groups is 1. The molecule has 1 N–H and O–H groups in total. The third kappa shape index (κ3) is 4.82. The molecule has 0 aliphatic rings. The van der Waals surface area contributed by atoms with Gasteiger partial charge in [0.25, 0.3) is 0 Å². The Morgan fingerprint density at radius 3 is 2.57 bits per heavy atom. The van der Waals surface area contributed by atoms with Crippen LogP contribution in [0.1, 0.15) is 28.4 Å². The Morgan fingerprint density at radius 1 is 1.13 bits per heavy atom.